The van der Waals surface area contributed by atoms with E-state index in [-0.39, 0.29) is 23.0 Å². The molecule has 1 saturated heterocycles. The first kappa shape index (κ1) is 24.5. The average Bonchev–Trinajstić information content (AvgIpc) is 3.07. The molecule has 3 heterocycles. The molecule has 0 spiro atoms. The minimum absolute atomic E-state index is 0.00602. The van der Waals surface area contributed by atoms with Crippen LogP contribution in [0.15, 0.2) is 35.1 Å². The van der Waals surface area contributed by atoms with Crippen molar-refractivity contribution in [2.45, 2.75) is 45.8 Å². The molecular weight excluding hydrogens is 450 g/mol. The topological polar surface area (TPSA) is 136 Å². The van der Waals surface area contributed by atoms with Gasteiger partial charge in [0.2, 0.25) is 0 Å². The van der Waals surface area contributed by atoms with Crippen molar-refractivity contribution in [1.29, 1.82) is 0 Å². The van der Waals surface area contributed by atoms with Crippen molar-refractivity contribution in [2.24, 2.45) is 5.92 Å². The third-order valence-electron chi connectivity index (χ3n) is 6.18. The van der Waals surface area contributed by atoms with Gasteiger partial charge in [-0.25, -0.2) is 4.79 Å². The van der Waals surface area contributed by atoms with Gasteiger partial charge in [-0.3, -0.25) is 24.3 Å². The van der Waals surface area contributed by atoms with Crippen LogP contribution in [0.2, 0.25) is 0 Å². The second-order valence-corrected chi connectivity index (χ2v) is 9.98. The largest absolute Gasteiger partial charge is 0.444 e. The standard InChI is InChI=1S/C25H31N5O5/c1-25(2,3)35-24(34)29-10-8-16(9-11-29)14-27-13-15-4-6-17(7-5-15)30-19(31)12-18-20(21(30)26)23(33)28-22(18)32/h4-7,12,16,27H,8-11,13-14,26H2,1-3H3,(H,28,32,33). The molecule has 4 rings (SSSR count). The van der Waals surface area contributed by atoms with E-state index in [9.17, 15) is 19.2 Å². The van der Waals surface area contributed by atoms with E-state index in [1.54, 1.807) is 17.0 Å². The number of piperidine rings is 1. The van der Waals surface area contributed by atoms with E-state index in [1.807, 2.05) is 32.9 Å². The molecule has 1 aromatic carbocycles. The summed E-state index contributed by atoms with van der Waals surface area (Å²) < 4.78 is 6.68. The SMILES string of the molecule is CC(C)(C)OC(=O)N1CCC(CNCc2ccc(-n3c(N)c4c(cc3=O)C(=O)NC4=O)cc2)CC1. The summed E-state index contributed by atoms with van der Waals surface area (Å²) in [6, 6.07) is 8.43. The number of nitrogens with two attached hydrogens (primary N) is 1. The zero-order chi connectivity index (χ0) is 25.3. The van der Waals surface area contributed by atoms with E-state index in [1.165, 1.54) is 4.57 Å². The maximum atomic E-state index is 12.6. The summed E-state index contributed by atoms with van der Waals surface area (Å²) in [5.74, 6) is -0.794. The van der Waals surface area contributed by atoms with Crippen LogP contribution in [0.5, 0.6) is 0 Å². The van der Waals surface area contributed by atoms with Crippen LogP contribution in [0.25, 0.3) is 5.69 Å². The molecule has 0 aliphatic carbocycles. The lowest BCUT2D eigenvalue weighted by atomic mass is 9.97. The Morgan fingerprint density at radius 3 is 2.40 bits per heavy atom. The Morgan fingerprint density at radius 2 is 1.77 bits per heavy atom. The fourth-order valence-corrected chi connectivity index (χ4v) is 4.38. The summed E-state index contributed by atoms with van der Waals surface area (Å²) in [6.45, 7) is 8.48. The Hall–Kier alpha value is -3.66. The number of anilines is 1. The average molecular weight is 482 g/mol. The number of carbonyl (C=O) groups is 3. The molecule has 186 valence electrons. The Balaban J connectivity index is 1.31. The highest BCUT2D eigenvalue weighted by atomic mass is 16.6. The first-order chi connectivity index (χ1) is 16.5. The fourth-order valence-electron chi connectivity index (χ4n) is 4.38. The van der Waals surface area contributed by atoms with E-state index in [0.29, 0.717) is 31.2 Å². The first-order valence-electron chi connectivity index (χ1n) is 11.7. The monoisotopic (exact) mass is 481 g/mol. The first-order valence-corrected chi connectivity index (χ1v) is 11.7. The molecule has 2 aliphatic rings. The van der Waals surface area contributed by atoms with Gasteiger partial charge < -0.3 is 20.7 Å². The second kappa shape index (κ2) is 9.53. The summed E-state index contributed by atoms with van der Waals surface area (Å²) in [7, 11) is 0. The summed E-state index contributed by atoms with van der Waals surface area (Å²) in [6.07, 6.45) is 1.59. The lowest BCUT2D eigenvalue weighted by molar-refractivity contribution is 0.0184. The number of carbonyl (C=O) groups excluding carboxylic acids is 3. The zero-order valence-corrected chi connectivity index (χ0v) is 20.2. The highest BCUT2D eigenvalue weighted by Crippen LogP contribution is 2.23. The van der Waals surface area contributed by atoms with Gasteiger partial charge in [0.15, 0.2) is 0 Å². The van der Waals surface area contributed by atoms with Gasteiger partial charge >= 0.3 is 6.09 Å². The number of likely N-dealkylation sites (tertiary alicyclic amines) is 1. The van der Waals surface area contributed by atoms with Gasteiger partial charge in [-0.05, 0) is 63.8 Å². The Bertz CT molecular complexity index is 1200. The molecule has 35 heavy (non-hydrogen) atoms. The minimum Gasteiger partial charge on any atom is -0.444 e. The van der Waals surface area contributed by atoms with Crippen LogP contribution in [0.3, 0.4) is 0 Å². The Morgan fingerprint density at radius 1 is 1.11 bits per heavy atom. The van der Waals surface area contributed by atoms with Crippen LogP contribution in [0, 0.1) is 5.92 Å². The molecule has 10 nitrogen and oxygen atoms in total. The summed E-state index contributed by atoms with van der Waals surface area (Å²) >= 11 is 0. The Kier molecular flexibility index (Phi) is 6.66. The van der Waals surface area contributed by atoms with Gasteiger partial charge in [-0.1, -0.05) is 12.1 Å². The predicted octanol–water partition coefficient (Wildman–Crippen LogP) is 2.04. The van der Waals surface area contributed by atoms with Crippen molar-refractivity contribution in [3.05, 3.63) is 57.4 Å². The summed E-state index contributed by atoms with van der Waals surface area (Å²) in [4.78, 5) is 50.4. The normalized spacial score (nSPS) is 16.3. The van der Waals surface area contributed by atoms with Gasteiger partial charge in [0.1, 0.15) is 11.4 Å². The van der Waals surface area contributed by atoms with Crippen LogP contribution >= 0.6 is 0 Å². The lowest BCUT2D eigenvalue weighted by Crippen LogP contribution is -2.43. The van der Waals surface area contributed by atoms with E-state index in [2.05, 4.69) is 10.6 Å². The number of benzene rings is 1. The number of nitrogens with one attached hydrogen (secondary N) is 2. The molecule has 2 aliphatic heterocycles. The van der Waals surface area contributed by atoms with E-state index < -0.39 is 23.0 Å². The lowest BCUT2D eigenvalue weighted by Gasteiger charge is -2.33. The molecule has 2 aromatic rings. The van der Waals surface area contributed by atoms with Crippen LogP contribution in [-0.4, -0.2) is 52.6 Å². The number of amides is 3. The molecule has 0 saturated carbocycles. The van der Waals surface area contributed by atoms with Gasteiger partial charge in [0.25, 0.3) is 17.4 Å². The number of hydrogen-bond donors (Lipinski definition) is 3. The van der Waals surface area contributed by atoms with Gasteiger partial charge in [-0.15, -0.1) is 0 Å². The molecule has 4 N–H and O–H groups in total. The van der Waals surface area contributed by atoms with E-state index in [4.69, 9.17) is 10.5 Å². The molecule has 10 heteroatoms. The van der Waals surface area contributed by atoms with Crippen LogP contribution in [0.4, 0.5) is 10.6 Å². The van der Waals surface area contributed by atoms with Crippen molar-refractivity contribution < 1.29 is 19.1 Å². The number of hydrogen-bond acceptors (Lipinski definition) is 7. The highest BCUT2D eigenvalue weighted by molar-refractivity contribution is 6.23. The van der Waals surface area contributed by atoms with Crippen molar-refractivity contribution in [1.82, 2.24) is 20.1 Å². The van der Waals surface area contributed by atoms with Crippen LogP contribution in [0.1, 0.15) is 59.9 Å². The number of rotatable bonds is 5. The number of pyridine rings is 1. The van der Waals surface area contributed by atoms with Gasteiger partial charge in [0.05, 0.1) is 16.8 Å². The Labute approximate surface area is 203 Å². The summed E-state index contributed by atoms with van der Waals surface area (Å²) in [5.41, 5.74) is 6.70. The van der Waals surface area contributed by atoms with Crippen LogP contribution < -0.4 is 21.9 Å². The van der Waals surface area contributed by atoms with Crippen molar-refractivity contribution in [2.75, 3.05) is 25.4 Å². The van der Waals surface area contributed by atoms with Crippen molar-refractivity contribution in [3.8, 4) is 5.69 Å². The van der Waals surface area contributed by atoms with Gasteiger partial charge in [0, 0.05) is 25.7 Å². The molecule has 0 bridgehead atoms. The second-order valence-electron chi connectivity index (χ2n) is 9.98. The molecule has 0 radical (unpaired) electrons. The zero-order valence-electron chi connectivity index (χ0n) is 20.2. The number of ether oxygens (including phenoxy) is 1. The maximum Gasteiger partial charge on any atom is 0.410 e. The molecular formula is C25H31N5O5. The molecule has 1 aromatic heterocycles. The third kappa shape index (κ3) is 5.37. The van der Waals surface area contributed by atoms with E-state index >= 15 is 0 Å². The number of imide groups is 1. The number of nitrogens with zero attached hydrogens (tertiary/aromatic N) is 2. The van der Waals surface area contributed by atoms with Crippen LogP contribution in [-0.2, 0) is 11.3 Å². The molecule has 0 atom stereocenters. The van der Waals surface area contributed by atoms with Crippen molar-refractivity contribution >= 4 is 23.7 Å². The third-order valence-corrected chi connectivity index (χ3v) is 6.18. The molecule has 1 fully saturated rings. The number of nitrogen functional groups attached to an aromatic ring is 1. The number of aromatic nitrogens is 1. The molecule has 3 amide bonds. The highest BCUT2D eigenvalue weighted by Gasteiger charge is 2.32. The number of fused-ring (bicyclic) bond motifs is 1. The van der Waals surface area contributed by atoms with E-state index in [0.717, 1.165) is 31.0 Å². The summed E-state index contributed by atoms with van der Waals surface area (Å²) in [5, 5.41) is 5.62. The maximum absolute atomic E-state index is 12.6. The van der Waals surface area contributed by atoms with Crippen molar-refractivity contribution in [3.63, 3.8) is 0 Å². The molecule has 0 unspecified atom stereocenters. The fraction of sp³-hybridized carbons (Fsp3) is 0.440. The predicted molar refractivity (Wildman–Crippen MR) is 130 cm³/mol. The van der Waals surface area contributed by atoms with Gasteiger partial charge in [-0.2, -0.15) is 0 Å². The minimum atomic E-state index is -0.613. The quantitative estimate of drug-likeness (QED) is 0.556. The smallest absolute Gasteiger partial charge is 0.410 e.